The number of thiol groups is 1. The summed E-state index contributed by atoms with van der Waals surface area (Å²) >= 11 is 3.77. The smallest absolute Gasteiger partial charge is 0.00761 e. The third-order valence-electron chi connectivity index (χ3n) is 0.333. The van der Waals surface area contributed by atoms with Gasteiger partial charge in [0.15, 0.2) is 0 Å². The lowest BCUT2D eigenvalue weighted by atomic mass is 10.4. The van der Waals surface area contributed by atoms with Gasteiger partial charge in [0.25, 0.3) is 0 Å². The van der Waals surface area contributed by atoms with Gasteiger partial charge >= 0.3 is 0 Å². The summed E-state index contributed by atoms with van der Waals surface area (Å²) in [6.07, 6.45) is 1.58. The van der Waals surface area contributed by atoms with E-state index in [4.69, 9.17) is 5.73 Å². The van der Waals surface area contributed by atoms with Crippen molar-refractivity contribution in [3.05, 3.63) is 23.3 Å². The van der Waals surface area contributed by atoms with E-state index in [0.717, 1.165) is 10.5 Å². The molecule has 0 aliphatic rings. The molecular weight excluding hydrogens is 130 g/mol. The van der Waals surface area contributed by atoms with E-state index in [1.807, 2.05) is 20.8 Å². The molecule has 0 spiro atoms. The molecule has 0 rings (SSSR count). The summed E-state index contributed by atoms with van der Waals surface area (Å²) in [5.74, 6) is 0. The molecule has 0 aliphatic heterocycles. The van der Waals surface area contributed by atoms with E-state index in [2.05, 4.69) is 19.2 Å². The van der Waals surface area contributed by atoms with Gasteiger partial charge in [-0.25, -0.2) is 0 Å². The van der Waals surface area contributed by atoms with Crippen LogP contribution in [0.5, 0.6) is 0 Å². The molecule has 0 saturated carbocycles. The highest BCUT2D eigenvalue weighted by molar-refractivity contribution is 7.84. The van der Waals surface area contributed by atoms with E-state index < -0.39 is 0 Å². The van der Waals surface area contributed by atoms with Gasteiger partial charge in [-0.1, -0.05) is 12.2 Å². The number of nitrogens with two attached hydrogens (primary N) is 1. The maximum atomic E-state index is 5.01. The van der Waals surface area contributed by atoms with Crippen molar-refractivity contribution in [3.63, 3.8) is 0 Å². The first kappa shape index (κ1) is 11.4. The molecule has 1 nitrogen and oxygen atoms in total. The Bertz CT molecular complexity index is 97.5. The van der Waals surface area contributed by atoms with Crippen molar-refractivity contribution in [3.8, 4) is 0 Å². The summed E-state index contributed by atoms with van der Waals surface area (Å²) < 4.78 is 0. The fourth-order valence-corrected chi connectivity index (χ4v) is 0. The van der Waals surface area contributed by atoms with E-state index in [1.54, 1.807) is 6.20 Å². The maximum absolute atomic E-state index is 5.01. The Morgan fingerprint density at radius 1 is 1.44 bits per heavy atom. The lowest BCUT2D eigenvalue weighted by Crippen LogP contribution is -1.76. The third kappa shape index (κ3) is 91.0. The SMILES string of the molecule is C=C(C)S.CC(C)=CN. The molecule has 0 amide bonds. The van der Waals surface area contributed by atoms with Gasteiger partial charge in [-0.05, 0) is 31.9 Å². The molecule has 0 unspecified atom stereocenters. The second kappa shape index (κ2) is 7.63. The van der Waals surface area contributed by atoms with E-state index in [-0.39, 0.29) is 0 Å². The normalized spacial score (nSPS) is 6.67. The van der Waals surface area contributed by atoms with Gasteiger partial charge in [-0.3, -0.25) is 0 Å². The molecule has 0 heterocycles. The Kier molecular flexibility index (Phi) is 9.69. The molecule has 0 radical (unpaired) electrons. The number of hydrogen-bond acceptors (Lipinski definition) is 2. The molecule has 0 aliphatic carbocycles. The van der Waals surface area contributed by atoms with Crippen molar-refractivity contribution < 1.29 is 0 Å². The summed E-state index contributed by atoms with van der Waals surface area (Å²) in [6.45, 7) is 9.17. The second-order valence-electron chi connectivity index (χ2n) is 1.98. The fraction of sp³-hybridized carbons (Fsp3) is 0.429. The summed E-state index contributed by atoms with van der Waals surface area (Å²) in [5.41, 5.74) is 6.17. The van der Waals surface area contributed by atoms with Gasteiger partial charge in [0.1, 0.15) is 0 Å². The minimum absolute atomic E-state index is 0.861. The Morgan fingerprint density at radius 2 is 1.56 bits per heavy atom. The standard InChI is InChI=1S/C4H9N.C3H6S/c1-4(2)3-5;1-3(2)4/h3H,5H2,1-2H3;4H,1H2,2H3. The van der Waals surface area contributed by atoms with Crippen LogP contribution in [0.3, 0.4) is 0 Å². The van der Waals surface area contributed by atoms with Gasteiger partial charge in [0, 0.05) is 0 Å². The van der Waals surface area contributed by atoms with Crippen LogP contribution < -0.4 is 5.73 Å². The number of hydrogen-bond donors (Lipinski definition) is 2. The monoisotopic (exact) mass is 145 g/mol. The van der Waals surface area contributed by atoms with Crippen molar-refractivity contribution in [1.29, 1.82) is 0 Å². The van der Waals surface area contributed by atoms with E-state index in [0.29, 0.717) is 0 Å². The first-order valence-electron chi connectivity index (χ1n) is 2.70. The quantitative estimate of drug-likeness (QED) is 0.503. The predicted molar refractivity (Wildman–Crippen MR) is 47.4 cm³/mol. The molecule has 0 aromatic rings. The predicted octanol–water partition coefficient (Wildman–Crippen LogP) is 2.32. The number of allylic oxidation sites excluding steroid dienone is 2. The van der Waals surface area contributed by atoms with Crippen LogP contribution in [-0.2, 0) is 0 Å². The van der Waals surface area contributed by atoms with Crippen LogP contribution in [0.15, 0.2) is 23.3 Å². The summed E-state index contributed by atoms with van der Waals surface area (Å²) in [4.78, 5) is 0.861. The van der Waals surface area contributed by atoms with Crippen LogP contribution in [0.2, 0.25) is 0 Å². The molecule has 0 atom stereocenters. The summed E-state index contributed by atoms with van der Waals surface area (Å²) in [5, 5.41) is 0. The first-order valence-corrected chi connectivity index (χ1v) is 3.15. The van der Waals surface area contributed by atoms with Crippen LogP contribution in [0.25, 0.3) is 0 Å². The minimum Gasteiger partial charge on any atom is -0.405 e. The Morgan fingerprint density at radius 3 is 1.56 bits per heavy atom. The van der Waals surface area contributed by atoms with Gasteiger partial charge in [-0.2, -0.15) is 0 Å². The van der Waals surface area contributed by atoms with E-state index in [1.165, 1.54) is 0 Å². The van der Waals surface area contributed by atoms with Crippen molar-refractivity contribution >= 4 is 12.6 Å². The summed E-state index contributed by atoms with van der Waals surface area (Å²) in [7, 11) is 0. The highest BCUT2D eigenvalue weighted by atomic mass is 32.1. The van der Waals surface area contributed by atoms with Crippen molar-refractivity contribution in [1.82, 2.24) is 0 Å². The van der Waals surface area contributed by atoms with Gasteiger partial charge in [-0.15, -0.1) is 12.6 Å². The Balaban J connectivity index is 0. The molecular formula is C7H15NS. The lowest BCUT2D eigenvalue weighted by molar-refractivity contribution is 1.34. The number of rotatable bonds is 0. The molecule has 0 bridgehead atoms. The fourth-order valence-electron chi connectivity index (χ4n) is 0. The van der Waals surface area contributed by atoms with Crippen LogP contribution in [-0.4, -0.2) is 0 Å². The van der Waals surface area contributed by atoms with E-state index >= 15 is 0 Å². The molecule has 0 fully saturated rings. The molecule has 2 N–H and O–H groups in total. The van der Waals surface area contributed by atoms with Crippen molar-refractivity contribution in [2.24, 2.45) is 5.73 Å². The topological polar surface area (TPSA) is 26.0 Å². The van der Waals surface area contributed by atoms with Crippen molar-refractivity contribution in [2.75, 3.05) is 0 Å². The maximum Gasteiger partial charge on any atom is -0.00761 e. The Labute approximate surface area is 63.1 Å². The molecule has 9 heavy (non-hydrogen) atoms. The molecule has 2 heteroatoms. The molecule has 54 valence electrons. The zero-order valence-electron chi connectivity index (χ0n) is 6.31. The zero-order valence-corrected chi connectivity index (χ0v) is 7.20. The van der Waals surface area contributed by atoms with Crippen molar-refractivity contribution in [2.45, 2.75) is 20.8 Å². The molecule has 0 saturated heterocycles. The van der Waals surface area contributed by atoms with Crippen LogP contribution >= 0.6 is 12.6 Å². The molecule has 0 aromatic heterocycles. The van der Waals surface area contributed by atoms with Gasteiger partial charge in [0.2, 0.25) is 0 Å². The lowest BCUT2D eigenvalue weighted by Gasteiger charge is -1.74. The zero-order chi connectivity index (χ0) is 7.86. The highest BCUT2D eigenvalue weighted by Crippen LogP contribution is 1.86. The highest BCUT2D eigenvalue weighted by Gasteiger charge is 1.61. The second-order valence-corrected chi connectivity index (χ2v) is 2.74. The van der Waals surface area contributed by atoms with Crippen LogP contribution in [0.1, 0.15) is 20.8 Å². The summed E-state index contributed by atoms with van der Waals surface area (Å²) in [6, 6.07) is 0. The van der Waals surface area contributed by atoms with Gasteiger partial charge < -0.3 is 5.73 Å². The van der Waals surface area contributed by atoms with Gasteiger partial charge in [0.05, 0.1) is 0 Å². The Hall–Kier alpha value is -0.370. The van der Waals surface area contributed by atoms with E-state index in [9.17, 15) is 0 Å². The first-order chi connectivity index (χ1) is 4.00. The van der Waals surface area contributed by atoms with Crippen LogP contribution in [0.4, 0.5) is 0 Å². The minimum atomic E-state index is 0.861. The molecule has 0 aromatic carbocycles. The van der Waals surface area contributed by atoms with Crippen LogP contribution in [0, 0.1) is 0 Å². The third-order valence-corrected chi connectivity index (χ3v) is 0.333. The average Bonchev–Trinajstić information content (AvgIpc) is 1.65. The largest absolute Gasteiger partial charge is 0.405 e. The average molecular weight is 145 g/mol.